The molecule has 1 aromatic carbocycles. The first-order valence-electron chi connectivity index (χ1n) is 9.50. The second-order valence-corrected chi connectivity index (χ2v) is 7.69. The summed E-state index contributed by atoms with van der Waals surface area (Å²) in [6.45, 7) is 9.49. The van der Waals surface area contributed by atoms with Gasteiger partial charge in [0.25, 0.3) is 5.91 Å². The molecule has 2 heterocycles. The van der Waals surface area contributed by atoms with Gasteiger partial charge in [-0.1, -0.05) is 31.5 Å². The van der Waals surface area contributed by atoms with Crippen LogP contribution < -0.4 is 5.32 Å². The van der Waals surface area contributed by atoms with Crippen molar-refractivity contribution in [1.82, 2.24) is 24.9 Å². The van der Waals surface area contributed by atoms with E-state index in [2.05, 4.69) is 35.4 Å². The minimum absolute atomic E-state index is 0.106. The van der Waals surface area contributed by atoms with E-state index < -0.39 is 0 Å². The van der Waals surface area contributed by atoms with Gasteiger partial charge >= 0.3 is 0 Å². The number of amides is 1. The van der Waals surface area contributed by atoms with E-state index >= 15 is 0 Å². The van der Waals surface area contributed by atoms with Crippen LogP contribution >= 0.6 is 11.6 Å². The summed E-state index contributed by atoms with van der Waals surface area (Å²) in [5.74, 6) is 0.0299. The minimum Gasteiger partial charge on any atom is -0.352 e. The Morgan fingerprint density at radius 2 is 2.04 bits per heavy atom. The molecular formula is C21H26ClN5O. The first kappa shape index (κ1) is 20.1. The number of halogens is 1. The Kier molecular flexibility index (Phi) is 6.19. The number of nitrogens with zero attached hydrogens (tertiary/aromatic N) is 4. The molecule has 2 aromatic heterocycles. The number of hydrogen-bond acceptors (Lipinski definition) is 3. The number of benzene rings is 1. The van der Waals surface area contributed by atoms with Crippen LogP contribution in [0.5, 0.6) is 0 Å². The maximum Gasteiger partial charge on any atom is 0.254 e. The van der Waals surface area contributed by atoms with Crippen LogP contribution in [0, 0.1) is 13.8 Å². The standard InChI is InChI=1S/C21H26ClN5O/c1-14(2)20-19(13-24-27(20)18-8-5-7-17(22)12-18)21(28)23-9-6-10-26-16(4)11-15(3)25-26/h5,7-8,11-14H,6,9-10H2,1-4H3,(H,23,28). The van der Waals surface area contributed by atoms with Gasteiger partial charge in [-0.3, -0.25) is 9.48 Å². The first-order valence-corrected chi connectivity index (χ1v) is 9.87. The van der Waals surface area contributed by atoms with Crippen LogP contribution in [0.4, 0.5) is 0 Å². The van der Waals surface area contributed by atoms with Crippen molar-refractivity contribution >= 4 is 17.5 Å². The molecule has 0 saturated carbocycles. The Labute approximate surface area is 170 Å². The third-order valence-corrected chi connectivity index (χ3v) is 4.82. The monoisotopic (exact) mass is 399 g/mol. The lowest BCUT2D eigenvalue weighted by atomic mass is 10.0. The van der Waals surface area contributed by atoms with E-state index in [0.29, 0.717) is 17.1 Å². The van der Waals surface area contributed by atoms with Crippen LogP contribution in [0.15, 0.2) is 36.5 Å². The average Bonchev–Trinajstić information content (AvgIpc) is 3.22. The van der Waals surface area contributed by atoms with Crippen LogP contribution in [-0.4, -0.2) is 32.0 Å². The Bertz CT molecular complexity index is 973. The minimum atomic E-state index is -0.106. The average molecular weight is 400 g/mol. The van der Waals surface area contributed by atoms with Crippen molar-refractivity contribution < 1.29 is 4.79 Å². The lowest BCUT2D eigenvalue weighted by Gasteiger charge is -2.13. The van der Waals surface area contributed by atoms with Crippen LogP contribution in [-0.2, 0) is 6.54 Å². The fourth-order valence-corrected chi connectivity index (χ4v) is 3.51. The second kappa shape index (κ2) is 8.61. The highest BCUT2D eigenvalue weighted by Crippen LogP contribution is 2.24. The van der Waals surface area contributed by atoms with E-state index in [0.717, 1.165) is 35.7 Å². The zero-order valence-electron chi connectivity index (χ0n) is 16.7. The molecule has 7 heteroatoms. The van der Waals surface area contributed by atoms with Gasteiger partial charge in [-0.25, -0.2) is 4.68 Å². The summed E-state index contributed by atoms with van der Waals surface area (Å²) in [4.78, 5) is 12.8. The van der Waals surface area contributed by atoms with E-state index in [9.17, 15) is 4.79 Å². The molecule has 3 aromatic rings. The van der Waals surface area contributed by atoms with Crippen molar-refractivity contribution in [3.63, 3.8) is 0 Å². The van der Waals surface area contributed by atoms with E-state index in [1.807, 2.05) is 42.8 Å². The molecule has 148 valence electrons. The Balaban J connectivity index is 1.69. The van der Waals surface area contributed by atoms with Gasteiger partial charge in [-0.2, -0.15) is 10.2 Å². The molecule has 0 saturated heterocycles. The lowest BCUT2D eigenvalue weighted by molar-refractivity contribution is 0.0951. The molecule has 1 amide bonds. The number of nitrogens with one attached hydrogen (secondary N) is 1. The fourth-order valence-electron chi connectivity index (χ4n) is 3.33. The summed E-state index contributed by atoms with van der Waals surface area (Å²) in [5.41, 5.74) is 4.46. The third-order valence-electron chi connectivity index (χ3n) is 4.59. The zero-order valence-corrected chi connectivity index (χ0v) is 17.5. The predicted molar refractivity (Wildman–Crippen MR) is 111 cm³/mol. The molecule has 3 rings (SSSR count). The van der Waals surface area contributed by atoms with Gasteiger partial charge in [-0.15, -0.1) is 0 Å². The number of aromatic nitrogens is 4. The van der Waals surface area contributed by atoms with Gasteiger partial charge in [0.1, 0.15) is 0 Å². The predicted octanol–water partition coefficient (Wildman–Crippen LogP) is 4.28. The fraction of sp³-hybridized carbons (Fsp3) is 0.381. The molecule has 0 spiro atoms. The van der Waals surface area contributed by atoms with Crippen LogP contribution in [0.1, 0.15) is 53.6 Å². The summed E-state index contributed by atoms with van der Waals surface area (Å²) in [6, 6.07) is 9.53. The maximum atomic E-state index is 12.8. The number of hydrogen-bond donors (Lipinski definition) is 1. The topological polar surface area (TPSA) is 64.7 Å². The third kappa shape index (κ3) is 4.44. The molecule has 0 bridgehead atoms. The first-order chi connectivity index (χ1) is 13.4. The van der Waals surface area contributed by atoms with Crippen molar-refractivity contribution in [3.8, 4) is 5.69 Å². The van der Waals surface area contributed by atoms with Crippen molar-refractivity contribution in [3.05, 3.63) is 64.2 Å². The number of rotatable bonds is 7. The van der Waals surface area contributed by atoms with Crippen molar-refractivity contribution in [2.24, 2.45) is 0 Å². The molecule has 0 aliphatic carbocycles. The van der Waals surface area contributed by atoms with Crippen LogP contribution in [0.2, 0.25) is 5.02 Å². The van der Waals surface area contributed by atoms with Gasteiger partial charge in [0, 0.05) is 23.8 Å². The summed E-state index contributed by atoms with van der Waals surface area (Å²) < 4.78 is 3.76. The Morgan fingerprint density at radius 3 is 2.68 bits per heavy atom. The molecule has 0 atom stereocenters. The highest BCUT2D eigenvalue weighted by atomic mass is 35.5. The van der Waals surface area contributed by atoms with E-state index in [-0.39, 0.29) is 11.8 Å². The van der Waals surface area contributed by atoms with Gasteiger partial charge in [-0.05, 0) is 50.5 Å². The number of carbonyl (C=O) groups excluding carboxylic acids is 1. The molecule has 28 heavy (non-hydrogen) atoms. The van der Waals surface area contributed by atoms with E-state index in [1.54, 1.807) is 10.9 Å². The highest BCUT2D eigenvalue weighted by Gasteiger charge is 2.20. The van der Waals surface area contributed by atoms with E-state index in [4.69, 9.17) is 11.6 Å². The highest BCUT2D eigenvalue weighted by molar-refractivity contribution is 6.30. The summed E-state index contributed by atoms with van der Waals surface area (Å²) >= 11 is 6.12. The van der Waals surface area contributed by atoms with Gasteiger partial charge in [0.05, 0.1) is 28.8 Å². The molecule has 1 N–H and O–H groups in total. The zero-order chi connectivity index (χ0) is 20.3. The van der Waals surface area contributed by atoms with Crippen molar-refractivity contribution in [1.29, 1.82) is 0 Å². The van der Waals surface area contributed by atoms with Crippen LogP contribution in [0.25, 0.3) is 5.69 Å². The normalized spacial score (nSPS) is 11.2. The smallest absolute Gasteiger partial charge is 0.254 e. The van der Waals surface area contributed by atoms with Crippen LogP contribution in [0.3, 0.4) is 0 Å². The van der Waals surface area contributed by atoms with E-state index in [1.165, 1.54) is 0 Å². The van der Waals surface area contributed by atoms with Gasteiger partial charge in [0.15, 0.2) is 0 Å². The molecule has 0 fully saturated rings. The molecular weight excluding hydrogens is 374 g/mol. The molecule has 0 aliphatic heterocycles. The van der Waals surface area contributed by atoms with Crippen molar-refractivity contribution in [2.45, 2.75) is 46.6 Å². The van der Waals surface area contributed by atoms with Crippen molar-refractivity contribution in [2.75, 3.05) is 6.54 Å². The molecule has 0 radical (unpaired) electrons. The Hall–Kier alpha value is -2.60. The lowest BCUT2D eigenvalue weighted by Crippen LogP contribution is -2.26. The Morgan fingerprint density at radius 1 is 1.25 bits per heavy atom. The largest absolute Gasteiger partial charge is 0.352 e. The maximum absolute atomic E-state index is 12.8. The van der Waals surface area contributed by atoms with Gasteiger partial charge in [0.2, 0.25) is 0 Å². The summed E-state index contributed by atoms with van der Waals surface area (Å²) in [7, 11) is 0. The molecule has 6 nitrogen and oxygen atoms in total. The SMILES string of the molecule is Cc1cc(C)n(CCCNC(=O)c2cnn(-c3cccc(Cl)c3)c2C(C)C)n1. The molecule has 0 aliphatic rings. The number of aryl methyl sites for hydroxylation is 3. The quantitative estimate of drug-likeness (QED) is 0.603. The summed E-state index contributed by atoms with van der Waals surface area (Å²) in [6.07, 6.45) is 2.44. The number of carbonyl (C=O) groups is 1. The molecule has 0 unspecified atom stereocenters. The van der Waals surface area contributed by atoms with Gasteiger partial charge < -0.3 is 5.32 Å². The second-order valence-electron chi connectivity index (χ2n) is 7.25. The summed E-state index contributed by atoms with van der Waals surface area (Å²) in [5, 5.41) is 12.5.